The third-order valence-electron chi connectivity index (χ3n) is 3.22. The molecule has 1 unspecified atom stereocenters. The van der Waals surface area contributed by atoms with Crippen LogP contribution in [0.15, 0.2) is 23.8 Å². The van der Waals surface area contributed by atoms with Gasteiger partial charge in [-0.25, -0.2) is 0 Å². The first-order chi connectivity index (χ1) is 9.45. The van der Waals surface area contributed by atoms with Crippen LogP contribution >= 0.6 is 11.6 Å². The molecule has 1 aromatic rings. The molecule has 0 aromatic heterocycles. The molecule has 1 heterocycles. The number of hydrogen-bond donors (Lipinski definition) is 2. The first-order valence-electron chi connectivity index (χ1n) is 6.24. The van der Waals surface area contributed by atoms with E-state index in [2.05, 4.69) is 0 Å². The van der Waals surface area contributed by atoms with Crippen LogP contribution in [0, 0.1) is 0 Å². The van der Waals surface area contributed by atoms with Gasteiger partial charge in [0.15, 0.2) is 6.23 Å². The number of aliphatic hydroxyl groups is 2. The van der Waals surface area contributed by atoms with Crippen LogP contribution in [0.25, 0.3) is 5.76 Å². The van der Waals surface area contributed by atoms with Gasteiger partial charge in [-0.3, -0.25) is 4.79 Å². The van der Waals surface area contributed by atoms with Crippen molar-refractivity contribution in [2.45, 2.75) is 19.6 Å². The molecule has 0 radical (unpaired) electrons. The van der Waals surface area contributed by atoms with E-state index < -0.39 is 12.2 Å². The maximum Gasteiger partial charge on any atom is 0.310 e. The highest BCUT2D eigenvalue weighted by molar-refractivity contribution is 6.31. The van der Waals surface area contributed by atoms with Crippen LogP contribution in [-0.2, 0) is 9.53 Å². The molecule has 2 N–H and O–H groups in total. The molecule has 0 fully saturated rings. The smallest absolute Gasteiger partial charge is 0.310 e. The average Bonchev–Trinajstić information content (AvgIpc) is 2.41. The lowest BCUT2D eigenvalue weighted by molar-refractivity contribution is -0.142. The Morgan fingerprint density at radius 1 is 1.50 bits per heavy atom. The maximum absolute atomic E-state index is 11.6. The second kappa shape index (κ2) is 5.73. The normalized spacial score (nSPS) is 18.0. The van der Waals surface area contributed by atoms with Crippen molar-refractivity contribution in [1.82, 2.24) is 0 Å². The molecule has 0 amide bonds. The molecule has 1 aliphatic rings. The van der Waals surface area contributed by atoms with Crippen molar-refractivity contribution >= 4 is 29.0 Å². The maximum atomic E-state index is 11.6. The summed E-state index contributed by atoms with van der Waals surface area (Å²) in [6.45, 7) is 1.96. The van der Waals surface area contributed by atoms with Gasteiger partial charge >= 0.3 is 5.97 Å². The Morgan fingerprint density at radius 2 is 2.20 bits per heavy atom. The van der Waals surface area contributed by atoms with Gasteiger partial charge < -0.3 is 19.8 Å². The average molecular weight is 298 g/mol. The minimum Gasteiger partial charge on any atom is -0.507 e. The van der Waals surface area contributed by atoms with Crippen LogP contribution in [-0.4, -0.2) is 36.1 Å². The van der Waals surface area contributed by atoms with Gasteiger partial charge in [-0.15, -0.1) is 0 Å². The number of aliphatic hydroxyl groups excluding tert-OH is 2. The largest absolute Gasteiger partial charge is 0.507 e. The number of halogens is 1. The summed E-state index contributed by atoms with van der Waals surface area (Å²) in [5, 5.41) is 21.0. The second-order valence-electron chi connectivity index (χ2n) is 4.50. The molecule has 2 rings (SSSR count). The number of fused-ring (bicyclic) bond motifs is 1. The summed E-state index contributed by atoms with van der Waals surface area (Å²) < 4.78 is 4.85. The summed E-state index contributed by atoms with van der Waals surface area (Å²) in [6, 6.07) is 4.95. The van der Waals surface area contributed by atoms with Crippen LogP contribution in [0.1, 0.15) is 18.9 Å². The number of carbonyl (C=O) groups is 1. The third kappa shape index (κ3) is 2.59. The van der Waals surface area contributed by atoms with E-state index in [1.54, 1.807) is 37.1 Å². The SMILES string of the molecule is CCOC(=O)CC1=C(O)c2ccc(Cl)cc2N(C)C1O. The highest BCUT2D eigenvalue weighted by atomic mass is 35.5. The lowest BCUT2D eigenvalue weighted by Gasteiger charge is -2.34. The van der Waals surface area contributed by atoms with Crippen molar-refractivity contribution in [2.75, 3.05) is 18.6 Å². The minimum absolute atomic E-state index is 0.102. The van der Waals surface area contributed by atoms with E-state index in [1.807, 2.05) is 0 Å². The fourth-order valence-electron chi connectivity index (χ4n) is 2.20. The molecule has 1 aromatic carbocycles. The zero-order valence-corrected chi connectivity index (χ0v) is 12.0. The van der Waals surface area contributed by atoms with Crippen molar-refractivity contribution in [1.29, 1.82) is 0 Å². The van der Waals surface area contributed by atoms with Gasteiger partial charge in [0.25, 0.3) is 0 Å². The van der Waals surface area contributed by atoms with Crippen molar-refractivity contribution in [3.63, 3.8) is 0 Å². The van der Waals surface area contributed by atoms with Crippen LogP contribution < -0.4 is 4.90 Å². The van der Waals surface area contributed by atoms with E-state index in [-0.39, 0.29) is 24.4 Å². The van der Waals surface area contributed by atoms with Crippen LogP contribution in [0.4, 0.5) is 5.69 Å². The molecule has 1 atom stereocenters. The van der Waals surface area contributed by atoms with Gasteiger partial charge in [-0.1, -0.05) is 11.6 Å². The first kappa shape index (κ1) is 14.7. The Hall–Kier alpha value is -1.72. The number of nitrogens with zero attached hydrogens (tertiary/aromatic N) is 1. The molecule has 20 heavy (non-hydrogen) atoms. The number of hydrogen-bond acceptors (Lipinski definition) is 5. The van der Waals surface area contributed by atoms with Gasteiger partial charge in [-0.05, 0) is 25.1 Å². The van der Waals surface area contributed by atoms with E-state index in [4.69, 9.17) is 16.3 Å². The Bertz CT molecular complexity index is 570. The Labute approximate surface area is 122 Å². The van der Waals surface area contributed by atoms with Crippen molar-refractivity contribution < 1.29 is 19.7 Å². The monoisotopic (exact) mass is 297 g/mol. The number of anilines is 1. The fourth-order valence-corrected chi connectivity index (χ4v) is 2.37. The summed E-state index contributed by atoms with van der Waals surface area (Å²) in [4.78, 5) is 13.1. The van der Waals surface area contributed by atoms with Crippen LogP contribution in [0.5, 0.6) is 0 Å². The quantitative estimate of drug-likeness (QED) is 0.838. The molecule has 108 valence electrons. The zero-order chi connectivity index (χ0) is 14.9. The van der Waals surface area contributed by atoms with E-state index in [0.29, 0.717) is 16.3 Å². The van der Waals surface area contributed by atoms with E-state index in [9.17, 15) is 15.0 Å². The molecule has 0 spiro atoms. The summed E-state index contributed by atoms with van der Waals surface area (Å²) in [7, 11) is 1.66. The van der Waals surface area contributed by atoms with Crippen LogP contribution in [0.2, 0.25) is 5.02 Å². The molecular weight excluding hydrogens is 282 g/mol. The molecule has 6 heteroatoms. The topological polar surface area (TPSA) is 70.0 Å². The predicted octanol–water partition coefficient (Wildman–Crippen LogP) is 2.33. The molecule has 5 nitrogen and oxygen atoms in total. The van der Waals surface area contributed by atoms with Gasteiger partial charge in [0, 0.05) is 23.2 Å². The summed E-state index contributed by atoms with van der Waals surface area (Å²) in [6.07, 6.45) is -1.25. The number of esters is 1. The van der Waals surface area contributed by atoms with Crippen LogP contribution in [0.3, 0.4) is 0 Å². The molecule has 0 aliphatic carbocycles. The molecular formula is C14H16ClNO4. The van der Waals surface area contributed by atoms with Gasteiger partial charge in [0.2, 0.25) is 0 Å². The van der Waals surface area contributed by atoms with E-state index in [0.717, 1.165) is 0 Å². The number of likely N-dealkylation sites (N-methyl/N-ethyl adjacent to an activating group) is 1. The Kier molecular flexibility index (Phi) is 4.20. The van der Waals surface area contributed by atoms with Crippen molar-refractivity contribution in [3.8, 4) is 0 Å². The number of rotatable bonds is 3. The van der Waals surface area contributed by atoms with Gasteiger partial charge in [0.05, 0.1) is 18.7 Å². The molecule has 0 saturated carbocycles. The summed E-state index contributed by atoms with van der Waals surface area (Å²) in [5.41, 5.74) is 1.36. The molecule has 0 bridgehead atoms. The Morgan fingerprint density at radius 3 is 2.85 bits per heavy atom. The third-order valence-corrected chi connectivity index (χ3v) is 3.45. The van der Waals surface area contributed by atoms with Gasteiger partial charge in [0.1, 0.15) is 5.76 Å². The number of benzene rings is 1. The molecule has 0 saturated heterocycles. The number of carbonyl (C=O) groups excluding carboxylic acids is 1. The highest BCUT2D eigenvalue weighted by Gasteiger charge is 2.31. The lowest BCUT2D eigenvalue weighted by Crippen LogP contribution is -2.38. The first-order valence-corrected chi connectivity index (χ1v) is 6.62. The Balaban J connectivity index is 2.43. The molecule has 1 aliphatic heterocycles. The minimum atomic E-state index is -1.09. The number of ether oxygens (including phenoxy) is 1. The summed E-state index contributed by atoms with van der Waals surface area (Å²) >= 11 is 5.92. The standard InChI is InChI=1S/C14H16ClNO4/c1-3-20-12(17)7-10-13(18)9-5-4-8(15)6-11(9)16(2)14(10)19/h4-6,14,18-19H,3,7H2,1-2H3. The van der Waals surface area contributed by atoms with Crippen molar-refractivity contribution in [3.05, 3.63) is 34.4 Å². The zero-order valence-electron chi connectivity index (χ0n) is 11.3. The van der Waals surface area contributed by atoms with E-state index in [1.165, 1.54) is 0 Å². The lowest BCUT2D eigenvalue weighted by atomic mass is 9.97. The summed E-state index contributed by atoms with van der Waals surface area (Å²) in [5.74, 6) is -0.589. The van der Waals surface area contributed by atoms with Crippen molar-refractivity contribution in [2.24, 2.45) is 0 Å². The second-order valence-corrected chi connectivity index (χ2v) is 4.94. The fraction of sp³-hybridized carbons (Fsp3) is 0.357. The highest BCUT2D eigenvalue weighted by Crippen LogP contribution is 2.37. The van der Waals surface area contributed by atoms with Gasteiger partial charge in [-0.2, -0.15) is 0 Å². The van der Waals surface area contributed by atoms with E-state index >= 15 is 0 Å². The predicted molar refractivity (Wildman–Crippen MR) is 76.7 cm³/mol.